The first-order valence-electron chi connectivity index (χ1n) is 3.58. The number of hydrogen-bond donors (Lipinski definition) is 1. The van der Waals surface area contributed by atoms with Gasteiger partial charge in [-0.05, 0) is 12.3 Å². The molecule has 0 unspecified atom stereocenters. The first kappa shape index (κ1) is 9.19. The maximum atomic E-state index is 5.00. The van der Waals surface area contributed by atoms with Crippen LogP contribution in [-0.2, 0) is 0 Å². The van der Waals surface area contributed by atoms with Gasteiger partial charge in [0, 0.05) is 13.1 Å². The van der Waals surface area contributed by atoms with E-state index in [1.807, 2.05) is 25.4 Å². The number of aromatic nitrogens is 1. The number of anilines is 1. The van der Waals surface area contributed by atoms with Gasteiger partial charge in [-0.25, -0.2) is 4.98 Å². The third-order valence-corrected chi connectivity index (χ3v) is 2.20. The topological polar surface area (TPSA) is 34.1 Å². The molecule has 1 N–H and O–H groups in total. The van der Waals surface area contributed by atoms with Crippen molar-refractivity contribution in [3.63, 3.8) is 0 Å². The van der Waals surface area contributed by atoms with Crippen molar-refractivity contribution >= 4 is 17.4 Å². The summed E-state index contributed by atoms with van der Waals surface area (Å²) >= 11 is 1.60. The Labute approximate surface area is 76.5 Å². The second kappa shape index (κ2) is 4.21. The highest BCUT2D eigenvalue weighted by Crippen LogP contribution is 2.24. The first-order valence-corrected chi connectivity index (χ1v) is 4.81. The number of thioether (sulfide) groups is 1. The SMILES string of the molecule is CNc1ccc(OC)nc1SC. The number of nitrogens with zero attached hydrogens (tertiary/aromatic N) is 1. The van der Waals surface area contributed by atoms with Gasteiger partial charge in [0.05, 0.1) is 12.8 Å². The molecule has 66 valence electrons. The average Bonchev–Trinajstić information content (AvgIpc) is 2.16. The van der Waals surface area contributed by atoms with Crippen molar-refractivity contribution in [3.8, 4) is 5.88 Å². The third-order valence-electron chi connectivity index (χ3n) is 1.51. The lowest BCUT2D eigenvalue weighted by Crippen LogP contribution is -1.95. The molecule has 12 heavy (non-hydrogen) atoms. The molecule has 1 aromatic heterocycles. The summed E-state index contributed by atoms with van der Waals surface area (Å²) in [6.07, 6.45) is 1.99. The van der Waals surface area contributed by atoms with E-state index in [1.165, 1.54) is 0 Å². The van der Waals surface area contributed by atoms with E-state index in [-0.39, 0.29) is 0 Å². The predicted octanol–water partition coefficient (Wildman–Crippen LogP) is 1.85. The Hall–Kier alpha value is -0.900. The Morgan fingerprint density at radius 3 is 2.75 bits per heavy atom. The Kier molecular flexibility index (Phi) is 3.22. The molecule has 0 atom stereocenters. The van der Waals surface area contributed by atoms with E-state index in [0.29, 0.717) is 5.88 Å². The summed E-state index contributed by atoms with van der Waals surface area (Å²) in [6, 6.07) is 3.79. The van der Waals surface area contributed by atoms with Crippen molar-refractivity contribution in [3.05, 3.63) is 12.1 Å². The molecule has 0 aromatic carbocycles. The Bertz CT molecular complexity index is 265. The van der Waals surface area contributed by atoms with Gasteiger partial charge in [-0.15, -0.1) is 11.8 Å². The van der Waals surface area contributed by atoms with Gasteiger partial charge in [0.25, 0.3) is 0 Å². The summed E-state index contributed by atoms with van der Waals surface area (Å²) in [4.78, 5) is 4.26. The van der Waals surface area contributed by atoms with Gasteiger partial charge in [0.15, 0.2) is 0 Å². The standard InChI is InChI=1S/C8H12N2OS/c1-9-6-4-5-7(11-2)10-8(6)12-3/h4-5,9H,1-3H3. The molecular formula is C8H12N2OS. The number of nitrogens with one attached hydrogen (secondary N) is 1. The zero-order valence-electron chi connectivity index (χ0n) is 7.42. The fourth-order valence-corrected chi connectivity index (χ4v) is 1.45. The van der Waals surface area contributed by atoms with Crippen molar-refractivity contribution in [1.82, 2.24) is 4.98 Å². The summed E-state index contributed by atoms with van der Waals surface area (Å²) < 4.78 is 5.00. The lowest BCUT2D eigenvalue weighted by atomic mass is 10.4. The van der Waals surface area contributed by atoms with E-state index < -0.39 is 0 Å². The van der Waals surface area contributed by atoms with Crippen LogP contribution in [0.5, 0.6) is 5.88 Å². The van der Waals surface area contributed by atoms with E-state index in [0.717, 1.165) is 10.7 Å². The highest BCUT2D eigenvalue weighted by molar-refractivity contribution is 7.98. The molecule has 0 aliphatic heterocycles. The fourth-order valence-electron chi connectivity index (χ4n) is 0.883. The molecule has 0 aliphatic carbocycles. The number of methoxy groups -OCH3 is 1. The summed E-state index contributed by atoms with van der Waals surface area (Å²) in [6.45, 7) is 0. The number of hydrogen-bond acceptors (Lipinski definition) is 4. The van der Waals surface area contributed by atoms with E-state index >= 15 is 0 Å². The second-order valence-corrected chi connectivity index (χ2v) is 2.96. The first-order chi connectivity index (χ1) is 5.81. The molecule has 1 heterocycles. The van der Waals surface area contributed by atoms with Crippen LogP contribution in [0, 0.1) is 0 Å². The van der Waals surface area contributed by atoms with Crippen LogP contribution in [0.2, 0.25) is 0 Å². The Morgan fingerprint density at radius 1 is 1.50 bits per heavy atom. The van der Waals surface area contributed by atoms with Crippen LogP contribution < -0.4 is 10.1 Å². The van der Waals surface area contributed by atoms with E-state index in [4.69, 9.17) is 4.74 Å². The van der Waals surface area contributed by atoms with Gasteiger partial charge >= 0.3 is 0 Å². The average molecular weight is 184 g/mol. The normalized spacial score (nSPS) is 9.58. The van der Waals surface area contributed by atoms with Crippen molar-refractivity contribution in [1.29, 1.82) is 0 Å². The van der Waals surface area contributed by atoms with Gasteiger partial charge in [-0.2, -0.15) is 0 Å². The maximum absolute atomic E-state index is 5.00. The molecule has 1 rings (SSSR count). The Morgan fingerprint density at radius 2 is 2.25 bits per heavy atom. The molecule has 0 fully saturated rings. The van der Waals surface area contributed by atoms with Crippen LogP contribution in [0.25, 0.3) is 0 Å². The second-order valence-electron chi connectivity index (χ2n) is 2.16. The minimum absolute atomic E-state index is 0.651. The molecule has 0 bridgehead atoms. The van der Waals surface area contributed by atoms with Gasteiger partial charge in [0.2, 0.25) is 5.88 Å². The molecular weight excluding hydrogens is 172 g/mol. The summed E-state index contributed by atoms with van der Waals surface area (Å²) in [7, 11) is 3.49. The van der Waals surface area contributed by atoms with Crippen LogP contribution in [0.15, 0.2) is 17.2 Å². The van der Waals surface area contributed by atoms with E-state index in [1.54, 1.807) is 18.9 Å². The quantitative estimate of drug-likeness (QED) is 0.727. The minimum Gasteiger partial charge on any atom is -0.481 e. The van der Waals surface area contributed by atoms with E-state index in [2.05, 4.69) is 10.3 Å². The molecule has 0 saturated heterocycles. The smallest absolute Gasteiger partial charge is 0.214 e. The Balaban J connectivity index is 3.02. The summed E-state index contributed by atoms with van der Waals surface area (Å²) in [5.74, 6) is 0.651. The van der Waals surface area contributed by atoms with Gasteiger partial charge in [0.1, 0.15) is 5.03 Å². The summed E-state index contributed by atoms with van der Waals surface area (Å²) in [5.41, 5.74) is 1.03. The fraction of sp³-hybridized carbons (Fsp3) is 0.375. The molecule has 0 radical (unpaired) electrons. The molecule has 0 spiro atoms. The van der Waals surface area contributed by atoms with Crippen molar-refractivity contribution < 1.29 is 4.74 Å². The number of pyridine rings is 1. The van der Waals surface area contributed by atoms with Crippen LogP contribution >= 0.6 is 11.8 Å². The predicted molar refractivity (Wildman–Crippen MR) is 52.1 cm³/mol. The molecule has 0 amide bonds. The van der Waals surface area contributed by atoms with Gasteiger partial charge in [-0.1, -0.05) is 0 Å². The highest BCUT2D eigenvalue weighted by Gasteiger charge is 2.02. The zero-order chi connectivity index (χ0) is 8.97. The minimum atomic E-state index is 0.651. The lowest BCUT2D eigenvalue weighted by Gasteiger charge is -2.06. The maximum Gasteiger partial charge on any atom is 0.214 e. The van der Waals surface area contributed by atoms with Crippen LogP contribution in [0.1, 0.15) is 0 Å². The van der Waals surface area contributed by atoms with Crippen LogP contribution in [-0.4, -0.2) is 25.4 Å². The molecule has 4 heteroatoms. The lowest BCUT2D eigenvalue weighted by molar-refractivity contribution is 0.395. The van der Waals surface area contributed by atoms with Crippen molar-refractivity contribution in [2.75, 3.05) is 25.7 Å². The van der Waals surface area contributed by atoms with Crippen molar-refractivity contribution in [2.24, 2.45) is 0 Å². The van der Waals surface area contributed by atoms with Gasteiger partial charge in [-0.3, -0.25) is 0 Å². The zero-order valence-corrected chi connectivity index (χ0v) is 8.23. The number of rotatable bonds is 3. The van der Waals surface area contributed by atoms with Crippen LogP contribution in [0.3, 0.4) is 0 Å². The van der Waals surface area contributed by atoms with Crippen LogP contribution in [0.4, 0.5) is 5.69 Å². The molecule has 3 nitrogen and oxygen atoms in total. The van der Waals surface area contributed by atoms with Crippen molar-refractivity contribution in [2.45, 2.75) is 5.03 Å². The molecule has 0 saturated carbocycles. The monoisotopic (exact) mass is 184 g/mol. The van der Waals surface area contributed by atoms with Gasteiger partial charge < -0.3 is 10.1 Å². The highest BCUT2D eigenvalue weighted by atomic mass is 32.2. The summed E-state index contributed by atoms with van der Waals surface area (Å²) in [5, 5.41) is 4.01. The molecule has 1 aromatic rings. The molecule has 0 aliphatic rings. The van der Waals surface area contributed by atoms with E-state index in [9.17, 15) is 0 Å². The third kappa shape index (κ3) is 1.82. The largest absolute Gasteiger partial charge is 0.481 e. The number of ether oxygens (including phenoxy) is 1.